The molecule has 234 valence electrons. The zero-order chi connectivity index (χ0) is 32.1. The van der Waals surface area contributed by atoms with Crippen molar-refractivity contribution in [1.29, 1.82) is 0 Å². The van der Waals surface area contributed by atoms with Crippen molar-refractivity contribution < 1.29 is 24.1 Å². The molecule has 0 spiro atoms. The number of hydrogen-bond acceptors (Lipinski definition) is 9. The standard InChI is InChI=1S/C25H29FN6O4S.C4H10O2/c1-14(2)29-23(34)25(4,5)31-20(33)19-15(3)21(32-27-10-11-28-32)37-22(19)30(24(31)35)12-9-16-13-17(26)7-8-18(16)36-6;1-4(2-5)3-6/h7-8,10-11,13-14H,9,12H2,1-6H3,(H,29,34);4-6H,2-3H2,1H3. The molecule has 1 aromatic carbocycles. The summed E-state index contributed by atoms with van der Waals surface area (Å²) in [6, 6.07) is 4.00. The normalized spacial score (nSPS) is 11.6. The highest BCUT2D eigenvalue weighted by molar-refractivity contribution is 7.21. The molecule has 1 amide bonds. The molecule has 14 heteroatoms. The zero-order valence-corrected chi connectivity index (χ0v) is 26.2. The van der Waals surface area contributed by atoms with E-state index in [2.05, 4.69) is 15.5 Å². The van der Waals surface area contributed by atoms with Crippen LogP contribution in [0.15, 0.2) is 40.2 Å². The third-order valence-electron chi connectivity index (χ3n) is 6.79. The summed E-state index contributed by atoms with van der Waals surface area (Å²) in [6.45, 7) is 10.5. The van der Waals surface area contributed by atoms with Gasteiger partial charge in [-0.3, -0.25) is 14.2 Å². The number of nitrogens with one attached hydrogen (secondary N) is 1. The van der Waals surface area contributed by atoms with Crippen LogP contribution in [0.1, 0.15) is 45.7 Å². The third kappa shape index (κ3) is 7.20. The van der Waals surface area contributed by atoms with E-state index in [0.29, 0.717) is 32.1 Å². The van der Waals surface area contributed by atoms with Crippen LogP contribution in [0.2, 0.25) is 0 Å². The largest absolute Gasteiger partial charge is 0.496 e. The van der Waals surface area contributed by atoms with Crippen LogP contribution < -0.4 is 21.3 Å². The second-order valence-corrected chi connectivity index (χ2v) is 11.9. The molecule has 43 heavy (non-hydrogen) atoms. The Bertz CT molecular complexity index is 1670. The van der Waals surface area contributed by atoms with E-state index < -0.39 is 28.5 Å². The monoisotopic (exact) mass is 618 g/mol. The summed E-state index contributed by atoms with van der Waals surface area (Å²) in [4.78, 5) is 42.6. The number of aliphatic hydroxyl groups is 2. The predicted octanol–water partition coefficient (Wildman–Crippen LogP) is 2.37. The lowest BCUT2D eigenvalue weighted by atomic mass is 10.0. The number of thiophene rings is 1. The molecule has 3 heterocycles. The number of benzene rings is 1. The van der Waals surface area contributed by atoms with Gasteiger partial charge in [-0.25, -0.2) is 13.8 Å². The molecule has 0 saturated carbocycles. The van der Waals surface area contributed by atoms with Crippen molar-refractivity contribution >= 4 is 27.5 Å². The number of ether oxygens (including phenoxy) is 1. The molecular weight excluding hydrogens is 579 g/mol. The number of aliphatic hydroxyl groups excluding tert-OH is 2. The van der Waals surface area contributed by atoms with Crippen molar-refractivity contribution in [3.8, 4) is 10.8 Å². The van der Waals surface area contributed by atoms with Crippen LogP contribution >= 0.6 is 11.3 Å². The number of carbonyl (C=O) groups excluding carboxylic acids is 1. The number of aryl methyl sites for hydroxylation is 3. The van der Waals surface area contributed by atoms with Gasteiger partial charge in [-0.15, -0.1) is 4.80 Å². The van der Waals surface area contributed by atoms with Gasteiger partial charge in [-0.05, 0) is 64.8 Å². The van der Waals surface area contributed by atoms with Gasteiger partial charge in [-0.2, -0.15) is 10.2 Å². The molecular formula is C29H39FN6O6S. The fourth-order valence-electron chi connectivity index (χ4n) is 4.31. The summed E-state index contributed by atoms with van der Waals surface area (Å²) in [5, 5.41) is 28.4. The number of rotatable bonds is 10. The van der Waals surface area contributed by atoms with Crippen molar-refractivity contribution in [2.45, 2.75) is 66.1 Å². The SMILES string of the molecule is CC(CO)CO.COc1ccc(F)cc1CCn1c(=O)n(C(C)(C)C(=O)NC(C)C)c(=O)c2c(C)c(-n3nccn3)sc21. The summed E-state index contributed by atoms with van der Waals surface area (Å²) < 4.78 is 21.8. The quantitative estimate of drug-likeness (QED) is 0.245. The van der Waals surface area contributed by atoms with E-state index in [1.165, 1.54) is 72.3 Å². The summed E-state index contributed by atoms with van der Waals surface area (Å²) in [7, 11) is 1.49. The zero-order valence-electron chi connectivity index (χ0n) is 25.4. The van der Waals surface area contributed by atoms with Crippen LogP contribution in [0.4, 0.5) is 4.39 Å². The lowest BCUT2D eigenvalue weighted by Crippen LogP contribution is -2.56. The second kappa shape index (κ2) is 14.1. The van der Waals surface area contributed by atoms with Crippen LogP contribution in [0.25, 0.3) is 15.2 Å². The maximum Gasteiger partial charge on any atom is 0.333 e. The maximum atomic E-state index is 14.0. The molecule has 0 saturated heterocycles. The molecule has 0 atom stereocenters. The van der Waals surface area contributed by atoms with Gasteiger partial charge in [0.1, 0.15) is 26.9 Å². The molecule has 4 aromatic rings. The van der Waals surface area contributed by atoms with E-state index in [9.17, 15) is 18.8 Å². The minimum atomic E-state index is -1.48. The van der Waals surface area contributed by atoms with Crippen molar-refractivity contribution in [3.63, 3.8) is 0 Å². The number of nitrogens with zero attached hydrogens (tertiary/aromatic N) is 5. The lowest BCUT2D eigenvalue weighted by molar-refractivity contribution is -0.129. The first-order chi connectivity index (χ1) is 20.3. The molecule has 0 radical (unpaired) electrons. The Balaban J connectivity index is 0.000000765. The topological polar surface area (TPSA) is 154 Å². The molecule has 12 nitrogen and oxygen atoms in total. The Morgan fingerprint density at radius 2 is 1.77 bits per heavy atom. The fraction of sp³-hybridized carbons (Fsp3) is 0.483. The Morgan fingerprint density at radius 3 is 2.30 bits per heavy atom. The van der Waals surface area contributed by atoms with Gasteiger partial charge in [0.2, 0.25) is 5.91 Å². The molecule has 0 unspecified atom stereocenters. The van der Waals surface area contributed by atoms with Gasteiger partial charge in [0.15, 0.2) is 0 Å². The molecule has 0 fully saturated rings. The average molecular weight is 619 g/mol. The number of carbonyl (C=O) groups is 1. The third-order valence-corrected chi connectivity index (χ3v) is 8.07. The molecule has 0 aliphatic rings. The lowest BCUT2D eigenvalue weighted by Gasteiger charge is -2.27. The minimum absolute atomic E-state index is 0.0463. The highest BCUT2D eigenvalue weighted by Gasteiger charge is 2.35. The highest BCUT2D eigenvalue weighted by Crippen LogP contribution is 2.31. The Labute approximate surface area is 252 Å². The van der Waals surface area contributed by atoms with E-state index in [1.807, 2.05) is 0 Å². The summed E-state index contributed by atoms with van der Waals surface area (Å²) >= 11 is 1.20. The van der Waals surface area contributed by atoms with Crippen molar-refractivity contribution in [1.82, 2.24) is 29.4 Å². The van der Waals surface area contributed by atoms with Crippen LogP contribution in [0, 0.1) is 18.7 Å². The van der Waals surface area contributed by atoms with E-state index >= 15 is 0 Å². The van der Waals surface area contributed by atoms with Crippen LogP contribution in [0.5, 0.6) is 5.75 Å². The smallest absolute Gasteiger partial charge is 0.333 e. The first-order valence-electron chi connectivity index (χ1n) is 13.8. The highest BCUT2D eigenvalue weighted by atomic mass is 32.1. The Morgan fingerprint density at radius 1 is 1.14 bits per heavy atom. The van der Waals surface area contributed by atoms with Gasteiger partial charge >= 0.3 is 5.69 Å². The first-order valence-corrected chi connectivity index (χ1v) is 14.6. The van der Waals surface area contributed by atoms with Gasteiger partial charge < -0.3 is 20.3 Å². The number of fused-ring (bicyclic) bond motifs is 1. The first kappa shape index (κ1) is 33.6. The number of aromatic nitrogens is 5. The van der Waals surface area contributed by atoms with Crippen molar-refractivity contribution in [2.24, 2.45) is 5.92 Å². The predicted molar refractivity (Wildman–Crippen MR) is 163 cm³/mol. The number of halogens is 1. The Hall–Kier alpha value is -3.88. The summed E-state index contributed by atoms with van der Waals surface area (Å²) in [5.74, 6) is -0.352. The summed E-state index contributed by atoms with van der Waals surface area (Å²) in [5.41, 5.74) is -1.54. The molecule has 3 N–H and O–H groups in total. The molecule has 3 aromatic heterocycles. The van der Waals surface area contributed by atoms with Crippen molar-refractivity contribution in [3.05, 3.63) is 68.4 Å². The van der Waals surface area contributed by atoms with Gasteiger partial charge in [-0.1, -0.05) is 18.3 Å². The van der Waals surface area contributed by atoms with Gasteiger partial charge in [0.25, 0.3) is 5.56 Å². The second-order valence-electron chi connectivity index (χ2n) is 11.0. The number of methoxy groups -OCH3 is 1. The number of amides is 1. The van der Waals surface area contributed by atoms with Gasteiger partial charge in [0, 0.05) is 37.3 Å². The molecule has 0 bridgehead atoms. The van der Waals surface area contributed by atoms with Crippen LogP contribution in [0.3, 0.4) is 0 Å². The fourth-order valence-corrected chi connectivity index (χ4v) is 5.55. The van der Waals surface area contributed by atoms with Crippen LogP contribution in [-0.2, 0) is 23.3 Å². The van der Waals surface area contributed by atoms with Crippen LogP contribution in [-0.4, -0.2) is 66.6 Å². The van der Waals surface area contributed by atoms with Gasteiger partial charge in [0.05, 0.1) is 24.9 Å². The molecule has 4 rings (SSSR count). The average Bonchev–Trinajstić information content (AvgIpc) is 3.60. The maximum absolute atomic E-state index is 14.0. The van der Waals surface area contributed by atoms with E-state index in [-0.39, 0.29) is 38.1 Å². The minimum Gasteiger partial charge on any atom is -0.496 e. The van der Waals surface area contributed by atoms with E-state index in [1.54, 1.807) is 27.7 Å². The van der Waals surface area contributed by atoms with E-state index in [0.717, 1.165) is 4.57 Å². The Kier molecular flexibility index (Phi) is 11.0. The molecule has 0 aliphatic heterocycles. The molecule has 0 aliphatic carbocycles. The van der Waals surface area contributed by atoms with E-state index in [4.69, 9.17) is 14.9 Å². The van der Waals surface area contributed by atoms with Crippen molar-refractivity contribution in [2.75, 3.05) is 20.3 Å². The number of hydrogen-bond donors (Lipinski definition) is 3. The summed E-state index contributed by atoms with van der Waals surface area (Å²) in [6.07, 6.45) is 3.29.